The molecule has 0 aliphatic carbocycles. The van der Waals surface area contributed by atoms with Crippen molar-refractivity contribution >= 4 is 73.6 Å². The van der Waals surface area contributed by atoms with Gasteiger partial charge in [-0.05, 0) is 43.3 Å². The van der Waals surface area contributed by atoms with Crippen LogP contribution in [-0.4, -0.2) is 37.6 Å². The zero-order valence-electron chi connectivity index (χ0n) is 23.5. The average molecular weight is 729 g/mol. The summed E-state index contributed by atoms with van der Waals surface area (Å²) in [5, 5.41) is 43.3. The summed E-state index contributed by atoms with van der Waals surface area (Å²) in [6, 6.07) is 22.4. The summed E-state index contributed by atoms with van der Waals surface area (Å²) in [7, 11) is 2.63. The number of anilines is 1. The average Bonchev–Trinajstić information content (AvgIpc) is 3.01. The maximum absolute atomic E-state index is 12.7. The molecule has 246 valence electrons. The first-order valence-electron chi connectivity index (χ1n) is 12.6. The van der Waals surface area contributed by atoms with Crippen LogP contribution < -0.4 is 5.32 Å². The lowest BCUT2D eigenvalue weighted by Gasteiger charge is -2.25. The van der Waals surface area contributed by atoms with Gasteiger partial charge in [0.15, 0.2) is 0 Å². The van der Waals surface area contributed by atoms with Gasteiger partial charge in [0.2, 0.25) is 5.60 Å². The molecule has 0 bridgehead atoms. The van der Waals surface area contributed by atoms with E-state index < -0.39 is 32.5 Å². The Morgan fingerprint density at radius 1 is 0.723 bits per heavy atom. The fraction of sp³-hybridized carbons (Fsp3) is 0.107. The van der Waals surface area contributed by atoms with E-state index in [1.165, 1.54) is 82.3 Å². The first-order valence-corrected chi connectivity index (χ1v) is 16.0. The second-order valence-corrected chi connectivity index (χ2v) is 13.0. The van der Waals surface area contributed by atoms with Crippen LogP contribution in [0.25, 0.3) is 0 Å². The Kier molecular flexibility index (Phi) is 12.6. The van der Waals surface area contributed by atoms with Crippen molar-refractivity contribution in [1.82, 2.24) is 0 Å². The number of hydrogen-bond acceptors (Lipinski definition) is 11. The molecule has 0 aliphatic heterocycles. The number of hydrogen-bond donors (Lipinski definition) is 2. The standard InChI is InChI=1S/C16H12ClF3N2O4S.C12H8N2O4S2/c1-15(24,16(18,19)20)14(23)21-13-6-5-11(8-12(13)17)27-10-4-2-3-9(7-10)22(25)26;15-13(16)9-3-1-5-11(7-9)19-20-12-6-2-4-10(8-12)14(17)18/h2-8,24H,1H3,(H,21,23);1-8H/t15-;/m1./s1. The predicted molar refractivity (Wildman–Crippen MR) is 172 cm³/mol. The van der Waals surface area contributed by atoms with E-state index in [9.17, 15) is 53.4 Å². The molecule has 0 aliphatic rings. The quantitative estimate of drug-likeness (QED) is 0.0904. The van der Waals surface area contributed by atoms with Crippen LogP contribution in [0.3, 0.4) is 0 Å². The lowest BCUT2D eigenvalue weighted by Crippen LogP contribution is -2.52. The summed E-state index contributed by atoms with van der Waals surface area (Å²) in [6.07, 6.45) is -5.15. The minimum absolute atomic E-state index is 0.0228. The summed E-state index contributed by atoms with van der Waals surface area (Å²) < 4.78 is 38.1. The van der Waals surface area contributed by atoms with E-state index in [0.717, 1.165) is 21.6 Å². The minimum atomic E-state index is -5.15. The molecule has 0 aromatic heterocycles. The van der Waals surface area contributed by atoms with Crippen LogP contribution in [0.5, 0.6) is 0 Å². The molecular weight excluding hydrogens is 709 g/mol. The van der Waals surface area contributed by atoms with Crippen LogP contribution in [0.1, 0.15) is 6.92 Å². The number of carbonyl (C=O) groups excluding carboxylic acids is 1. The van der Waals surface area contributed by atoms with Gasteiger partial charge in [-0.25, -0.2) is 0 Å². The fourth-order valence-corrected chi connectivity index (χ4v) is 6.43. The van der Waals surface area contributed by atoms with Crippen LogP contribution in [0, 0.1) is 30.3 Å². The van der Waals surface area contributed by atoms with Crippen molar-refractivity contribution in [3.63, 3.8) is 0 Å². The number of nitrogens with zero attached hydrogens (tertiary/aromatic N) is 3. The van der Waals surface area contributed by atoms with Crippen molar-refractivity contribution in [2.24, 2.45) is 0 Å². The highest BCUT2D eigenvalue weighted by atomic mass is 35.5. The summed E-state index contributed by atoms with van der Waals surface area (Å²) >= 11 is 7.13. The van der Waals surface area contributed by atoms with Gasteiger partial charge < -0.3 is 10.4 Å². The van der Waals surface area contributed by atoms with E-state index in [0.29, 0.717) is 16.7 Å². The van der Waals surface area contributed by atoms with Crippen LogP contribution in [0.15, 0.2) is 111 Å². The lowest BCUT2D eigenvalue weighted by atomic mass is 10.1. The van der Waals surface area contributed by atoms with E-state index in [1.54, 1.807) is 30.3 Å². The van der Waals surface area contributed by atoms with Crippen LogP contribution in [-0.2, 0) is 4.79 Å². The van der Waals surface area contributed by atoms with E-state index in [2.05, 4.69) is 0 Å². The Morgan fingerprint density at radius 3 is 1.53 bits per heavy atom. The molecule has 1 amide bonds. The molecule has 2 N–H and O–H groups in total. The summed E-state index contributed by atoms with van der Waals surface area (Å²) in [5.74, 6) is -1.67. The van der Waals surface area contributed by atoms with E-state index in [1.807, 2.05) is 5.32 Å². The molecule has 47 heavy (non-hydrogen) atoms. The lowest BCUT2D eigenvalue weighted by molar-refractivity contribution is -0.385. The molecular formula is C28H20ClF3N4O8S3. The van der Waals surface area contributed by atoms with Crippen LogP contribution >= 0.6 is 45.0 Å². The number of benzene rings is 4. The maximum atomic E-state index is 12.7. The number of alkyl halides is 3. The highest BCUT2D eigenvalue weighted by Crippen LogP contribution is 2.39. The van der Waals surface area contributed by atoms with Gasteiger partial charge in [0.05, 0.1) is 25.5 Å². The van der Waals surface area contributed by atoms with Gasteiger partial charge in [-0.2, -0.15) is 13.2 Å². The molecule has 4 rings (SSSR count). The molecule has 0 spiro atoms. The Labute approximate surface area is 280 Å². The number of nitro benzene ring substituents is 3. The third-order valence-electron chi connectivity index (χ3n) is 5.74. The second kappa shape index (κ2) is 16.0. The Balaban J connectivity index is 0.000000267. The number of halogens is 4. The molecule has 0 radical (unpaired) electrons. The Morgan fingerprint density at radius 2 is 1.13 bits per heavy atom. The van der Waals surface area contributed by atoms with Crippen molar-refractivity contribution in [2.45, 2.75) is 38.3 Å². The zero-order valence-corrected chi connectivity index (χ0v) is 26.7. The predicted octanol–water partition coefficient (Wildman–Crippen LogP) is 8.95. The number of amides is 1. The Hall–Kier alpha value is -4.36. The topological polar surface area (TPSA) is 179 Å². The van der Waals surface area contributed by atoms with Crippen molar-refractivity contribution in [2.75, 3.05) is 5.32 Å². The van der Waals surface area contributed by atoms with Gasteiger partial charge in [-0.1, -0.05) is 63.1 Å². The molecule has 0 fully saturated rings. The summed E-state index contributed by atoms with van der Waals surface area (Å²) in [5.41, 5.74) is -3.74. The molecule has 12 nitrogen and oxygen atoms in total. The number of aliphatic hydroxyl groups is 1. The van der Waals surface area contributed by atoms with Crippen molar-refractivity contribution in [3.05, 3.63) is 126 Å². The normalized spacial score (nSPS) is 12.2. The van der Waals surface area contributed by atoms with Gasteiger partial charge in [0.1, 0.15) is 0 Å². The van der Waals surface area contributed by atoms with E-state index >= 15 is 0 Å². The molecule has 0 saturated carbocycles. The minimum Gasteiger partial charge on any atom is -0.373 e. The number of carbonyl (C=O) groups is 1. The summed E-state index contributed by atoms with van der Waals surface area (Å²) in [6.45, 7) is 0.336. The van der Waals surface area contributed by atoms with Crippen LogP contribution in [0.2, 0.25) is 5.02 Å². The van der Waals surface area contributed by atoms with Gasteiger partial charge in [-0.15, -0.1) is 0 Å². The first-order chi connectivity index (χ1) is 22.0. The van der Waals surface area contributed by atoms with Crippen molar-refractivity contribution < 1.29 is 37.8 Å². The monoisotopic (exact) mass is 728 g/mol. The smallest absolute Gasteiger partial charge is 0.373 e. The SMILES string of the molecule is C[C@@](O)(C(=O)Nc1ccc(Sc2cccc([N+](=O)[O-])c2)cc1Cl)C(F)(F)F.O=[N+]([O-])c1cccc(SSc2cccc([N+](=O)[O-])c2)c1. The molecule has 4 aromatic carbocycles. The first kappa shape index (κ1) is 37.1. The van der Waals surface area contributed by atoms with Gasteiger partial charge in [-0.3, -0.25) is 35.1 Å². The molecule has 1 atom stereocenters. The second-order valence-electron chi connectivity index (χ2n) is 9.20. The molecule has 4 aromatic rings. The molecule has 19 heteroatoms. The highest BCUT2D eigenvalue weighted by Gasteiger charge is 2.55. The third-order valence-corrected chi connectivity index (χ3v) is 9.41. The number of nitro groups is 3. The maximum Gasteiger partial charge on any atom is 0.426 e. The van der Waals surface area contributed by atoms with Gasteiger partial charge in [0, 0.05) is 56.0 Å². The zero-order chi connectivity index (χ0) is 34.9. The number of nitrogens with one attached hydrogen (secondary N) is 1. The number of non-ortho nitro benzene ring substituents is 3. The van der Waals surface area contributed by atoms with Gasteiger partial charge in [0.25, 0.3) is 23.0 Å². The largest absolute Gasteiger partial charge is 0.426 e. The summed E-state index contributed by atoms with van der Waals surface area (Å²) in [4.78, 5) is 44.9. The molecule has 0 heterocycles. The van der Waals surface area contributed by atoms with Crippen molar-refractivity contribution in [1.29, 1.82) is 0 Å². The number of rotatable bonds is 10. The fourth-order valence-electron chi connectivity index (χ4n) is 3.22. The molecule has 0 saturated heterocycles. The van der Waals surface area contributed by atoms with E-state index in [4.69, 9.17) is 11.6 Å². The van der Waals surface area contributed by atoms with E-state index in [-0.39, 0.29) is 27.8 Å². The molecule has 0 unspecified atom stereocenters. The van der Waals surface area contributed by atoms with Crippen molar-refractivity contribution in [3.8, 4) is 0 Å². The Bertz CT molecular complexity index is 1760. The van der Waals surface area contributed by atoms with Gasteiger partial charge >= 0.3 is 6.18 Å². The highest BCUT2D eigenvalue weighted by molar-refractivity contribution is 8.76. The van der Waals surface area contributed by atoms with Crippen LogP contribution in [0.4, 0.5) is 35.9 Å². The third kappa shape index (κ3) is 10.6.